The van der Waals surface area contributed by atoms with E-state index in [0.717, 1.165) is 22.2 Å². The summed E-state index contributed by atoms with van der Waals surface area (Å²) >= 11 is 0. The molecule has 0 radical (unpaired) electrons. The summed E-state index contributed by atoms with van der Waals surface area (Å²) in [5.74, 6) is 0. The van der Waals surface area contributed by atoms with E-state index in [4.69, 9.17) is 0 Å². The molecule has 0 aliphatic heterocycles. The van der Waals surface area contributed by atoms with Gasteiger partial charge < -0.3 is 20.1 Å². The number of aromatic nitrogens is 1. The zero-order valence-corrected chi connectivity index (χ0v) is 16.5. The second kappa shape index (κ2) is 8.71. The number of aryl methyl sites for hydroxylation is 1. The van der Waals surface area contributed by atoms with Crippen LogP contribution in [-0.2, 0) is 6.54 Å². The first kappa shape index (κ1) is 19.6. The van der Waals surface area contributed by atoms with E-state index in [9.17, 15) is 9.59 Å². The molecule has 1 aromatic heterocycles. The Balaban J connectivity index is 1.85. The Morgan fingerprint density at radius 3 is 2.50 bits per heavy atom. The Labute approximate surface area is 164 Å². The normalized spacial score (nSPS) is 11.0. The molecule has 0 saturated carbocycles. The van der Waals surface area contributed by atoms with Crippen LogP contribution in [0.25, 0.3) is 10.9 Å². The minimum Gasteiger partial charge on any atom is -0.322 e. The first-order valence-electron chi connectivity index (χ1n) is 9.30. The van der Waals surface area contributed by atoms with E-state index in [2.05, 4.69) is 10.3 Å². The van der Waals surface area contributed by atoms with Crippen molar-refractivity contribution in [3.05, 3.63) is 76.1 Å². The summed E-state index contributed by atoms with van der Waals surface area (Å²) in [6, 6.07) is 16.9. The summed E-state index contributed by atoms with van der Waals surface area (Å²) in [4.78, 5) is 32.0. The van der Waals surface area contributed by atoms with Gasteiger partial charge in [-0.15, -0.1) is 0 Å². The molecule has 0 aliphatic rings. The number of nitrogens with one attached hydrogen (secondary N) is 2. The van der Waals surface area contributed by atoms with Gasteiger partial charge in [-0.25, -0.2) is 4.79 Å². The number of aromatic amines is 1. The van der Waals surface area contributed by atoms with Crippen LogP contribution in [0.5, 0.6) is 0 Å². The molecular formula is C22H26N4O2. The van der Waals surface area contributed by atoms with Crippen molar-refractivity contribution in [2.75, 3.05) is 32.5 Å². The number of likely N-dealkylation sites (N-methyl/N-ethyl adjacent to an activating group) is 1. The fourth-order valence-corrected chi connectivity index (χ4v) is 2.98. The molecule has 2 aromatic carbocycles. The molecule has 6 nitrogen and oxygen atoms in total. The molecule has 2 amide bonds. The minimum atomic E-state index is -0.226. The van der Waals surface area contributed by atoms with Gasteiger partial charge in [0.15, 0.2) is 0 Å². The Bertz CT molecular complexity index is 1010. The van der Waals surface area contributed by atoms with Crippen LogP contribution in [0, 0.1) is 6.92 Å². The van der Waals surface area contributed by atoms with Crippen LogP contribution in [0.15, 0.2) is 59.4 Å². The van der Waals surface area contributed by atoms with Crippen molar-refractivity contribution in [1.82, 2.24) is 14.8 Å². The van der Waals surface area contributed by atoms with E-state index in [0.29, 0.717) is 18.7 Å². The number of nitrogens with zero attached hydrogens (tertiary/aromatic N) is 2. The highest BCUT2D eigenvalue weighted by Crippen LogP contribution is 2.15. The number of hydrogen-bond acceptors (Lipinski definition) is 3. The van der Waals surface area contributed by atoms with Crippen molar-refractivity contribution in [2.24, 2.45) is 0 Å². The first-order chi connectivity index (χ1) is 13.4. The number of amides is 2. The van der Waals surface area contributed by atoms with Crippen molar-refractivity contribution in [3.63, 3.8) is 0 Å². The highest BCUT2D eigenvalue weighted by atomic mass is 16.2. The maximum atomic E-state index is 12.8. The van der Waals surface area contributed by atoms with Crippen LogP contribution in [-0.4, -0.2) is 48.0 Å². The van der Waals surface area contributed by atoms with Gasteiger partial charge in [0.1, 0.15) is 0 Å². The first-order valence-corrected chi connectivity index (χ1v) is 9.30. The number of urea groups is 1. The predicted molar refractivity (Wildman–Crippen MR) is 114 cm³/mol. The van der Waals surface area contributed by atoms with Crippen LogP contribution in [0.3, 0.4) is 0 Å². The highest BCUT2D eigenvalue weighted by molar-refractivity contribution is 5.89. The molecule has 1 heterocycles. The lowest BCUT2D eigenvalue weighted by molar-refractivity contribution is 0.202. The van der Waals surface area contributed by atoms with Gasteiger partial charge >= 0.3 is 6.03 Å². The maximum absolute atomic E-state index is 12.8. The zero-order chi connectivity index (χ0) is 20.1. The molecule has 0 bridgehead atoms. The van der Waals surface area contributed by atoms with E-state index >= 15 is 0 Å². The molecule has 28 heavy (non-hydrogen) atoms. The number of carbonyl (C=O) groups is 1. The lowest BCUT2D eigenvalue weighted by atomic mass is 10.1. The Morgan fingerprint density at radius 2 is 1.79 bits per heavy atom. The lowest BCUT2D eigenvalue weighted by Gasteiger charge is -2.24. The van der Waals surface area contributed by atoms with Gasteiger partial charge in [0, 0.05) is 29.9 Å². The average molecular weight is 378 g/mol. The molecule has 0 spiro atoms. The van der Waals surface area contributed by atoms with Crippen molar-refractivity contribution < 1.29 is 4.79 Å². The number of carbonyl (C=O) groups excluding carboxylic acids is 1. The molecule has 0 saturated heterocycles. The smallest absolute Gasteiger partial charge is 0.322 e. The number of H-pyrrole nitrogens is 1. The van der Waals surface area contributed by atoms with E-state index < -0.39 is 0 Å². The minimum absolute atomic E-state index is 0.166. The number of hydrogen-bond donors (Lipinski definition) is 2. The third-order valence-corrected chi connectivity index (χ3v) is 4.57. The molecule has 3 aromatic rings. The van der Waals surface area contributed by atoms with Gasteiger partial charge in [-0.2, -0.15) is 0 Å². The topological polar surface area (TPSA) is 68.4 Å². The van der Waals surface area contributed by atoms with Crippen molar-refractivity contribution in [3.8, 4) is 0 Å². The second-order valence-electron chi connectivity index (χ2n) is 7.24. The molecule has 0 unspecified atom stereocenters. The number of para-hydroxylation sites is 1. The number of anilines is 1. The van der Waals surface area contributed by atoms with Gasteiger partial charge in [0.05, 0.1) is 6.54 Å². The Morgan fingerprint density at radius 1 is 1.04 bits per heavy atom. The van der Waals surface area contributed by atoms with Crippen molar-refractivity contribution in [2.45, 2.75) is 13.5 Å². The van der Waals surface area contributed by atoms with E-state index in [1.807, 2.05) is 80.5 Å². The summed E-state index contributed by atoms with van der Waals surface area (Å²) in [6.45, 7) is 3.44. The summed E-state index contributed by atoms with van der Waals surface area (Å²) in [5.41, 5.74) is 3.03. The number of pyridine rings is 1. The molecule has 2 N–H and O–H groups in total. The number of rotatable bonds is 6. The van der Waals surface area contributed by atoms with Gasteiger partial charge in [-0.1, -0.05) is 30.3 Å². The van der Waals surface area contributed by atoms with E-state index in [1.165, 1.54) is 0 Å². The van der Waals surface area contributed by atoms with Crippen LogP contribution < -0.4 is 10.9 Å². The van der Waals surface area contributed by atoms with Gasteiger partial charge in [0.25, 0.3) is 5.56 Å². The highest BCUT2D eigenvalue weighted by Gasteiger charge is 2.16. The predicted octanol–water partition coefficient (Wildman–Crippen LogP) is 3.43. The SMILES string of the molecule is Cc1ccc2cc(CN(CCN(C)C)C(=O)Nc3ccccc3)c(=O)[nH]c2c1. The average Bonchev–Trinajstić information content (AvgIpc) is 2.66. The standard InChI is InChI=1S/C22H26N4O2/c1-16-9-10-17-14-18(21(27)24-20(17)13-16)15-26(12-11-25(2)3)22(28)23-19-7-5-4-6-8-19/h4-10,13-14H,11-12,15H2,1-3H3,(H,23,28)(H,24,27). The number of benzene rings is 2. The Hall–Kier alpha value is -3.12. The fourth-order valence-electron chi connectivity index (χ4n) is 2.98. The van der Waals surface area contributed by atoms with E-state index in [1.54, 1.807) is 4.90 Å². The monoisotopic (exact) mass is 378 g/mol. The molecule has 146 valence electrons. The maximum Gasteiger partial charge on any atom is 0.322 e. The third kappa shape index (κ3) is 4.98. The van der Waals surface area contributed by atoms with Crippen LogP contribution in [0.4, 0.5) is 10.5 Å². The molecular weight excluding hydrogens is 352 g/mol. The second-order valence-corrected chi connectivity index (χ2v) is 7.24. The molecule has 0 fully saturated rings. The van der Waals surface area contributed by atoms with Gasteiger partial charge in [-0.05, 0) is 56.2 Å². The van der Waals surface area contributed by atoms with Crippen LogP contribution >= 0.6 is 0 Å². The zero-order valence-electron chi connectivity index (χ0n) is 16.5. The van der Waals surface area contributed by atoms with E-state index in [-0.39, 0.29) is 18.1 Å². The van der Waals surface area contributed by atoms with Crippen molar-refractivity contribution >= 4 is 22.6 Å². The molecule has 6 heteroatoms. The lowest BCUT2D eigenvalue weighted by Crippen LogP contribution is -2.40. The van der Waals surface area contributed by atoms with Gasteiger partial charge in [-0.3, -0.25) is 4.79 Å². The summed E-state index contributed by atoms with van der Waals surface area (Å²) < 4.78 is 0. The Kier molecular flexibility index (Phi) is 6.11. The van der Waals surface area contributed by atoms with Crippen LogP contribution in [0.2, 0.25) is 0 Å². The molecule has 0 atom stereocenters. The van der Waals surface area contributed by atoms with Crippen molar-refractivity contribution in [1.29, 1.82) is 0 Å². The molecule has 3 rings (SSSR count). The summed E-state index contributed by atoms with van der Waals surface area (Å²) in [7, 11) is 3.91. The third-order valence-electron chi connectivity index (χ3n) is 4.57. The largest absolute Gasteiger partial charge is 0.322 e. The van der Waals surface area contributed by atoms with Crippen LogP contribution in [0.1, 0.15) is 11.1 Å². The summed E-state index contributed by atoms with van der Waals surface area (Å²) in [6.07, 6.45) is 0. The molecule has 0 aliphatic carbocycles. The summed E-state index contributed by atoms with van der Waals surface area (Å²) in [5, 5.41) is 3.86. The number of fused-ring (bicyclic) bond motifs is 1. The van der Waals surface area contributed by atoms with Gasteiger partial charge in [0.2, 0.25) is 0 Å². The quantitative estimate of drug-likeness (QED) is 0.690. The fraction of sp³-hybridized carbons (Fsp3) is 0.273.